The van der Waals surface area contributed by atoms with Crippen molar-refractivity contribution in [2.75, 3.05) is 19.6 Å². The van der Waals surface area contributed by atoms with Gasteiger partial charge in [0.2, 0.25) is 0 Å². The summed E-state index contributed by atoms with van der Waals surface area (Å²) in [7, 11) is 0. The van der Waals surface area contributed by atoms with Gasteiger partial charge in [0, 0.05) is 77.8 Å². The van der Waals surface area contributed by atoms with E-state index in [1.54, 1.807) is 0 Å². The zero-order valence-electron chi connectivity index (χ0n) is 58.0. The first kappa shape index (κ1) is 62.6. The minimum atomic E-state index is 1.04. The van der Waals surface area contributed by atoms with Gasteiger partial charge in [-0.3, -0.25) is 0 Å². The molecule has 16 aromatic carbocycles. The number of hydrogen-bond donors (Lipinski definition) is 0. The van der Waals surface area contributed by atoms with Gasteiger partial charge in [0.05, 0.1) is 22.7 Å². The fourth-order valence-electron chi connectivity index (χ4n) is 14.3. The van der Waals surface area contributed by atoms with Crippen LogP contribution in [-0.2, 0) is 0 Å². The van der Waals surface area contributed by atoms with Gasteiger partial charge in [-0.2, -0.15) is 0 Å². The maximum Gasteiger partial charge on any atom is 0.0561 e. The molecule has 0 atom stereocenters. The van der Waals surface area contributed by atoms with Crippen molar-refractivity contribution in [3.63, 3.8) is 0 Å². The highest BCUT2D eigenvalue weighted by Crippen LogP contribution is 2.55. The van der Waals surface area contributed by atoms with Crippen molar-refractivity contribution in [2.45, 2.75) is 55.4 Å². The molecule has 0 saturated carbocycles. The van der Waals surface area contributed by atoms with E-state index in [1.807, 2.05) is 0 Å². The van der Waals surface area contributed by atoms with Crippen molar-refractivity contribution in [1.82, 2.24) is 0 Å². The number of rotatable bonds is 16. The molecule has 4 nitrogen and oxygen atoms in total. The van der Waals surface area contributed by atoms with Gasteiger partial charge in [-0.05, 0) is 209 Å². The Morgan fingerprint density at radius 1 is 0.140 bits per heavy atom. The van der Waals surface area contributed by atoms with Crippen LogP contribution in [0.1, 0.15) is 44.5 Å². The highest BCUT2D eigenvalue weighted by Gasteiger charge is 2.30. The molecule has 16 rings (SSSR count). The highest BCUT2D eigenvalue weighted by atomic mass is 15.2. The molecule has 0 aromatic heterocycles. The molecular formula is C96H78N4. The first-order valence-electron chi connectivity index (χ1n) is 34.8. The third kappa shape index (κ3) is 12.1. The van der Waals surface area contributed by atoms with Gasteiger partial charge in [-0.1, -0.05) is 263 Å². The molecular weight excluding hydrogens is 1210 g/mol. The standard InChI is InChI=1S/C96H78N4/c1-63-9-25-71(26-10-63)75-33-49-83(50-34-75)99(84-51-35-76(36-52-84)72-27-11-64(2)12-28-72)93-61-91(97(79-41-17-67(5)18-42-79)80-43-19-68(6)20-44-80)87-58-60-90-94(62-92(88-57-59-89(93)95(87)96(88)90)98(81-45-21-69(7)22-46-81)82-47-23-70(8)24-48-82)100(85-53-37-77(38-54-85)73-29-13-65(3)14-30-73)86-55-39-78(40-56-86)74-31-15-66(4)16-32-74/h9-62H,1-8H3. The van der Waals surface area contributed by atoms with E-state index in [-0.39, 0.29) is 0 Å². The van der Waals surface area contributed by atoms with Crippen LogP contribution in [0.4, 0.5) is 68.2 Å². The van der Waals surface area contributed by atoms with Crippen LogP contribution in [0.2, 0.25) is 0 Å². The van der Waals surface area contributed by atoms with Crippen molar-refractivity contribution in [3.05, 3.63) is 372 Å². The van der Waals surface area contributed by atoms with E-state index in [9.17, 15) is 0 Å². The second-order valence-corrected chi connectivity index (χ2v) is 27.2. The summed E-state index contributed by atoms with van der Waals surface area (Å²) in [4.78, 5) is 9.97. The maximum absolute atomic E-state index is 2.50. The maximum atomic E-state index is 2.50. The molecule has 0 spiro atoms. The van der Waals surface area contributed by atoms with E-state index in [1.165, 1.54) is 66.8 Å². The Morgan fingerprint density at radius 2 is 0.260 bits per heavy atom. The smallest absolute Gasteiger partial charge is 0.0561 e. The average molecular weight is 1290 g/mol. The molecule has 100 heavy (non-hydrogen) atoms. The Hall–Kier alpha value is -12.2. The van der Waals surface area contributed by atoms with E-state index in [2.05, 4.69) is 403 Å². The summed E-state index contributed by atoms with van der Waals surface area (Å²) in [6, 6.07) is 123. The van der Waals surface area contributed by atoms with E-state index in [0.717, 1.165) is 123 Å². The molecule has 0 aliphatic rings. The lowest BCUT2D eigenvalue weighted by molar-refractivity contribution is 1.26. The lowest BCUT2D eigenvalue weighted by Gasteiger charge is -2.34. The number of aryl methyl sites for hydroxylation is 8. The summed E-state index contributed by atoms with van der Waals surface area (Å²) in [5.41, 5.74) is 31.7. The molecule has 0 bridgehead atoms. The molecule has 0 radical (unpaired) electrons. The lowest BCUT2D eigenvalue weighted by Crippen LogP contribution is -2.16. The van der Waals surface area contributed by atoms with Crippen molar-refractivity contribution in [1.29, 1.82) is 0 Å². The van der Waals surface area contributed by atoms with Crippen molar-refractivity contribution in [3.8, 4) is 44.5 Å². The van der Waals surface area contributed by atoms with Gasteiger partial charge < -0.3 is 19.6 Å². The monoisotopic (exact) mass is 1290 g/mol. The number of nitrogens with zero attached hydrogens (tertiary/aromatic N) is 4. The van der Waals surface area contributed by atoms with Crippen LogP contribution in [0.25, 0.3) is 76.8 Å². The van der Waals surface area contributed by atoms with Gasteiger partial charge in [-0.25, -0.2) is 0 Å². The fraction of sp³-hybridized carbons (Fsp3) is 0.0833. The van der Waals surface area contributed by atoms with Gasteiger partial charge >= 0.3 is 0 Å². The van der Waals surface area contributed by atoms with Crippen LogP contribution in [-0.4, -0.2) is 0 Å². The molecule has 0 aliphatic carbocycles. The number of anilines is 12. The van der Waals surface area contributed by atoms with Crippen molar-refractivity contribution < 1.29 is 0 Å². The second-order valence-electron chi connectivity index (χ2n) is 27.2. The van der Waals surface area contributed by atoms with Gasteiger partial charge in [0.15, 0.2) is 0 Å². The fourth-order valence-corrected chi connectivity index (χ4v) is 14.3. The highest BCUT2D eigenvalue weighted by molar-refractivity contribution is 6.33. The Kier molecular flexibility index (Phi) is 16.5. The molecule has 0 saturated heterocycles. The molecule has 0 N–H and O–H groups in total. The summed E-state index contributed by atoms with van der Waals surface area (Å²) in [6.07, 6.45) is 0. The van der Waals surface area contributed by atoms with Gasteiger partial charge in [0.1, 0.15) is 0 Å². The largest absolute Gasteiger partial charge is 0.310 e. The lowest BCUT2D eigenvalue weighted by atomic mass is 9.89. The van der Waals surface area contributed by atoms with Crippen molar-refractivity contribution >= 4 is 101 Å². The van der Waals surface area contributed by atoms with E-state index >= 15 is 0 Å². The SMILES string of the molecule is Cc1ccc(-c2ccc(N(c3ccc(-c4ccc(C)cc4)cc3)c3cc(N(c4ccc(C)cc4)c4ccc(C)cc4)c4ccc5c(N(c6ccc(-c7ccc(C)cc7)cc6)c6ccc(-c7ccc(C)cc7)cc6)cc(N(c6ccc(C)cc6)c6ccc(C)cc6)c6ccc3c4c65)cc2)cc1. The van der Waals surface area contributed by atoms with Gasteiger partial charge in [-0.15, -0.1) is 0 Å². The predicted molar refractivity (Wildman–Crippen MR) is 429 cm³/mol. The molecule has 0 fully saturated rings. The summed E-state index contributed by atoms with van der Waals surface area (Å²) in [6.45, 7) is 17.3. The molecule has 4 heteroatoms. The summed E-state index contributed by atoms with van der Waals surface area (Å²) >= 11 is 0. The van der Waals surface area contributed by atoms with E-state index in [4.69, 9.17) is 0 Å². The first-order valence-corrected chi connectivity index (χ1v) is 34.8. The normalized spacial score (nSPS) is 11.4. The zero-order chi connectivity index (χ0) is 68.1. The third-order valence-electron chi connectivity index (χ3n) is 20.0. The van der Waals surface area contributed by atoms with Gasteiger partial charge in [0.25, 0.3) is 0 Å². The summed E-state index contributed by atoms with van der Waals surface area (Å²) in [5.74, 6) is 0. The topological polar surface area (TPSA) is 13.0 Å². The van der Waals surface area contributed by atoms with Crippen LogP contribution in [0.15, 0.2) is 328 Å². The minimum Gasteiger partial charge on any atom is -0.310 e. The van der Waals surface area contributed by atoms with Crippen LogP contribution in [0.5, 0.6) is 0 Å². The van der Waals surface area contributed by atoms with Crippen LogP contribution < -0.4 is 19.6 Å². The number of benzene rings is 16. The Labute approximate surface area is 588 Å². The molecule has 0 amide bonds. The summed E-state index contributed by atoms with van der Waals surface area (Å²) in [5, 5.41) is 6.80. The van der Waals surface area contributed by atoms with E-state index in [0.29, 0.717) is 0 Å². The van der Waals surface area contributed by atoms with Crippen LogP contribution in [0, 0.1) is 55.4 Å². The molecule has 0 heterocycles. The molecule has 482 valence electrons. The average Bonchev–Trinajstić information content (AvgIpc) is 0.701. The zero-order valence-corrected chi connectivity index (χ0v) is 58.0. The summed E-state index contributed by atoms with van der Waals surface area (Å²) < 4.78 is 0. The van der Waals surface area contributed by atoms with Crippen LogP contribution >= 0.6 is 0 Å². The number of hydrogen-bond acceptors (Lipinski definition) is 4. The minimum absolute atomic E-state index is 1.04. The molecule has 0 unspecified atom stereocenters. The Morgan fingerprint density at radius 3 is 0.410 bits per heavy atom. The first-order chi connectivity index (χ1) is 48.8. The Bertz CT molecular complexity index is 4950. The third-order valence-corrected chi connectivity index (χ3v) is 20.0. The molecule has 0 aliphatic heterocycles. The quantitative estimate of drug-likeness (QED) is 0.0894. The van der Waals surface area contributed by atoms with E-state index < -0.39 is 0 Å². The second kappa shape index (κ2) is 26.3. The van der Waals surface area contributed by atoms with Crippen molar-refractivity contribution in [2.24, 2.45) is 0 Å². The Balaban J connectivity index is 1.04. The van der Waals surface area contributed by atoms with Crippen LogP contribution in [0.3, 0.4) is 0 Å². The molecule has 16 aromatic rings. The predicted octanol–water partition coefficient (Wildman–Crippen LogP) is 27.6.